The molecule has 0 amide bonds. The van der Waals surface area contributed by atoms with Gasteiger partial charge in [-0.3, -0.25) is 0 Å². The molecule has 0 radical (unpaired) electrons. The number of ether oxygens (including phenoxy) is 3. The molecule has 0 saturated heterocycles. The largest absolute Gasteiger partial charge is 0.493 e. The third-order valence-corrected chi connectivity index (χ3v) is 2.55. The molecule has 0 aliphatic carbocycles. The van der Waals surface area contributed by atoms with E-state index in [4.69, 9.17) is 19.9 Å². The van der Waals surface area contributed by atoms with Crippen molar-refractivity contribution >= 4 is 5.95 Å². The molecule has 1 aromatic heterocycles. The van der Waals surface area contributed by atoms with Gasteiger partial charge < -0.3 is 19.9 Å². The van der Waals surface area contributed by atoms with Crippen molar-refractivity contribution in [2.24, 2.45) is 0 Å². The SMILES string of the molecule is CCOc1nc(N)nc(-c2ccc(OC)c(OC)c2)n1. The number of hydrogen-bond donors (Lipinski definition) is 1. The van der Waals surface area contributed by atoms with E-state index in [2.05, 4.69) is 15.0 Å². The van der Waals surface area contributed by atoms with E-state index >= 15 is 0 Å². The van der Waals surface area contributed by atoms with Crippen LogP contribution in [0.4, 0.5) is 5.95 Å². The van der Waals surface area contributed by atoms with Crippen molar-refractivity contribution in [3.63, 3.8) is 0 Å². The first-order valence-electron chi connectivity index (χ1n) is 6.04. The number of methoxy groups -OCH3 is 2. The summed E-state index contributed by atoms with van der Waals surface area (Å²) < 4.78 is 15.7. The van der Waals surface area contributed by atoms with E-state index in [1.165, 1.54) is 0 Å². The molecule has 106 valence electrons. The van der Waals surface area contributed by atoms with Crippen LogP contribution < -0.4 is 19.9 Å². The maximum absolute atomic E-state index is 5.66. The molecular formula is C13H16N4O3. The van der Waals surface area contributed by atoms with Gasteiger partial charge in [-0.05, 0) is 25.1 Å². The van der Waals surface area contributed by atoms with Gasteiger partial charge in [-0.2, -0.15) is 15.0 Å². The molecular weight excluding hydrogens is 260 g/mol. The van der Waals surface area contributed by atoms with Crippen LogP contribution >= 0.6 is 0 Å². The van der Waals surface area contributed by atoms with E-state index in [9.17, 15) is 0 Å². The summed E-state index contributed by atoms with van der Waals surface area (Å²) in [7, 11) is 3.14. The van der Waals surface area contributed by atoms with Gasteiger partial charge in [-0.25, -0.2) is 0 Å². The second-order valence-electron chi connectivity index (χ2n) is 3.80. The Morgan fingerprint density at radius 3 is 2.45 bits per heavy atom. The lowest BCUT2D eigenvalue weighted by Crippen LogP contribution is -2.04. The van der Waals surface area contributed by atoms with Crippen molar-refractivity contribution in [2.75, 3.05) is 26.6 Å². The molecule has 0 aliphatic heterocycles. The molecule has 1 aromatic carbocycles. The fraction of sp³-hybridized carbons (Fsp3) is 0.308. The topological polar surface area (TPSA) is 92.4 Å². The summed E-state index contributed by atoms with van der Waals surface area (Å²) in [5.74, 6) is 1.74. The van der Waals surface area contributed by atoms with Crippen LogP contribution in [0.3, 0.4) is 0 Å². The van der Waals surface area contributed by atoms with Gasteiger partial charge in [0, 0.05) is 5.56 Å². The highest BCUT2D eigenvalue weighted by Gasteiger charge is 2.11. The number of aromatic nitrogens is 3. The van der Waals surface area contributed by atoms with Gasteiger partial charge in [0.2, 0.25) is 5.95 Å². The van der Waals surface area contributed by atoms with Gasteiger partial charge in [-0.1, -0.05) is 0 Å². The second kappa shape index (κ2) is 6.05. The van der Waals surface area contributed by atoms with Crippen molar-refractivity contribution in [1.82, 2.24) is 15.0 Å². The zero-order chi connectivity index (χ0) is 14.5. The van der Waals surface area contributed by atoms with Crippen molar-refractivity contribution in [2.45, 2.75) is 6.92 Å². The Bertz CT molecular complexity index is 604. The molecule has 7 nitrogen and oxygen atoms in total. The average Bonchev–Trinajstić information content (AvgIpc) is 2.46. The monoisotopic (exact) mass is 276 g/mol. The predicted octanol–water partition coefficient (Wildman–Crippen LogP) is 1.54. The molecule has 0 atom stereocenters. The predicted molar refractivity (Wildman–Crippen MR) is 73.9 cm³/mol. The van der Waals surface area contributed by atoms with Gasteiger partial charge >= 0.3 is 6.01 Å². The summed E-state index contributed by atoms with van der Waals surface area (Å²) in [5, 5.41) is 0. The minimum absolute atomic E-state index is 0.105. The van der Waals surface area contributed by atoms with Crippen LogP contribution in [0.5, 0.6) is 17.5 Å². The Labute approximate surface area is 116 Å². The van der Waals surface area contributed by atoms with E-state index in [1.807, 2.05) is 13.0 Å². The van der Waals surface area contributed by atoms with Crippen LogP contribution in [0, 0.1) is 0 Å². The molecule has 0 aliphatic rings. The number of rotatable bonds is 5. The first kappa shape index (κ1) is 13.9. The lowest BCUT2D eigenvalue weighted by molar-refractivity contribution is 0.312. The molecule has 2 aromatic rings. The van der Waals surface area contributed by atoms with Crippen LogP contribution in [-0.2, 0) is 0 Å². The van der Waals surface area contributed by atoms with Crippen LogP contribution in [0.1, 0.15) is 6.92 Å². The molecule has 0 unspecified atom stereocenters. The van der Waals surface area contributed by atoms with Crippen LogP contribution in [0.25, 0.3) is 11.4 Å². The summed E-state index contributed by atoms with van der Waals surface area (Å²) in [6.45, 7) is 2.30. The van der Waals surface area contributed by atoms with Crippen LogP contribution in [0.15, 0.2) is 18.2 Å². The Balaban J connectivity index is 2.45. The molecule has 2 N–H and O–H groups in total. The summed E-state index contributed by atoms with van der Waals surface area (Å²) in [4.78, 5) is 12.2. The minimum atomic E-state index is 0.105. The van der Waals surface area contributed by atoms with Crippen molar-refractivity contribution in [3.05, 3.63) is 18.2 Å². The van der Waals surface area contributed by atoms with E-state index in [1.54, 1.807) is 26.4 Å². The third kappa shape index (κ3) is 2.87. The highest BCUT2D eigenvalue weighted by molar-refractivity contribution is 5.61. The fourth-order valence-corrected chi connectivity index (χ4v) is 1.67. The van der Waals surface area contributed by atoms with Crippen molar-refractivity contribution in [3.8, 4) is 28.9 Å². The molecule has 20 heavy (non-hydrogen) atoms. The van der Waals surface area contributed by atoms with Crippen LogP contribution in [0.2, 0.25) is 0 Å². The smallest absolute Gasteiger partial charge is 0.321 e. The summed E-state index contributed by atoms with van der Waals surface area (Å²) in [5.41, 5.74) is 6.39. The lowest BCUT2D eigenvalue weighted by atomic mass is 10.2. The van der Waals surface area contributed by atoms with E-state index in [-0.39, 0.29) is 12.0 Å². The van der Waals surface area contributed by atoms with Crippen LogP contribution in [-0.4, -0.2) is 35.8 Å². The average molecular weight is 276 g/mol. The summed E-state index contributed by atoms with van der Waals surface area (Å²) in [6.07, 6.45) is 0. The Morgan fingerprint density at radius 1 is 1.05 bits per heavy atom. The molecule has 2 rings (SSSR count). The first-order chi connectivity index (χ1) is 9.67. The third-order valence-electron chi connectivity index (χ3n) is 2.55. The molecule has 0 saturated carbocycles. The number of benzene rings is 1. The Morgan fingerprint density at radius 2 is 1.80 bits per heavy atom. The fourth-order valence-electron chi connectivity index (χ4n) is 1.67. The Hall–Kier alpha value is -2.57. The van der Waals surface area contributed by atoms with Gasteiger partial charge in [0.05, 0.1) is 20.8 Å². The zero-order valence-corrected chi connectivity index (χ0v) is 11.6. The van der Waals surface area contributed by atoms with Crippen molar-refractivity contribution in [1.29, 1.82) is 0 Å². The van der Waals surface area contributed by atoms with Gasteiger partial charge in [0.15, 0.2) is 17.3 Å². The highest BCUT2D eigenvalue weighted by Crippen LogP contribution is 2.31. The Kier molecular flexibility index (Phi) is 4.19. The zero-order valence-electron chi connectivity index (χ0n) is 11.6. The quantitative estimate of drug-likeness (QED) is 0.885. The molecule has 7 heteroatoms. The van der Waals surface area contributed by atoms with Gasteiger partial charge in [0.25, 0.3) is 0 Å². The standard InChI is InChI=1S/C13H16N4O3/c1-4-20-13-16-11(15-12(14)17-13)8-5-6-9(18-2)10(7-8)19-3/h5-7H,4H2,1-3H3,(H2,14,15,16,17). The minimum Gasteiger partial charge on any atom is -0.493 e. The number of anilines is 1. The molecule has 0 spiro atoms. The van der Waals surface area contributed by atoms with Gasteiger partial charge in [0.1, 0.15) is 0 Å². The highest BCUT2D eigenvalue weighted by atomic mass is 16.5. The first-order valence-corrected chi connectivity index (χ1v) is 6.04. The maximum Gasteiger partial charge on any atom is 0.321 e. The van der Waals surface area contributed by atoms with Gasteiger partial charge in [-0.15, -0.1) is 0 Å². The number of hydrogen-bond acceptors (Lipinski definition) is 7. The molecule has 0 fully saturated rings. The normalized spacial score (nSPS) is 10.2. The van der Waals surface area contributed by atoms with E-state index < -0.39 is 0 Å². The maximum atomic E-state index is 5.66. The van der Waals surface area contributed by atoms with E-state index in [0.29, 0.717) is 23.9 Å². The van der Waals surface area contributed by atoms with E-state index in [0.717, 1.165) is 5.56 Å². The summed E-state index contributed by atoms with van der Waals surface area (Å²) >= 11 is 0. The lowest BCUT2D eigenvalue weighted by Gasteiger charge is -2.09. The number of nitrogen functional groups attached to an aromatic ring is 1. The second-order valence-corrected chi connectivity index (χ2v) is 3.80. The van der Waals surface area contributed by atoms with Crippen molar-refractivity contribution < 1.29 is 14.2 Å². The number of nitrogens with two attached hydrogens (primary N) is 1. The summed E-state index contributed by atoms with van der Waals surface area (Å²) in [6, 6.07) is 5.55. The number of nitrogens with zero attached hydrogens (tertiary/aromatic N) is 3. The molecule has 0 bridgehead atoms. The molecule has 1 heterocycles.